The first-order valence-corrected chi connectivity index (χ1v) is 7.52. The summed E-state index contributed by atoms with van der Waals surface area (Å²) in [5.74, 6) is 0.562. The van der Waals surface area contributed by atoms with Crippen molar-refractivity contribution in [3.05, 3.63) is 23.8 Å². The first kappa shape index (κ1) is 14.9. The average molecular weight is 293 g/mol. The van der Waals surface area contributed by atoms with E-state index in [-0.39, 0.29) is 5.91 Å². The molecule has 0 aliphatic rings. The SMILES string of the molecule is COCCCC(=O)NCSc1nc2ccc(C)cc2[nH]1. The molecule has 0 spiro atoms. The molecule has 20 heavy (non-hydrogen) atoms. The third-order valence-electron chi connectivity index (χ3n) is 2.85. The van der Waals surface area contributed by atoms with Crippen molar-refractivity contribution >= 4 is 28.7 Å². The van der Waals surface area contributed by atoms with Crippen LogP contribution in [0.3, 0.4) is 0 Å². The molecule has 108 valence electrons. The second kappa shape index (κ2) is 7.31. The molecule has 2 rings (SSSR count). The van der Waals surface area contributed by atoms with E-state index in [1.165, 1.54) is 17.3 Å². The van der Waals surface area contributed by atoms with Gasteiger partial charge in [-0.25, -0.2) is 4.98 Å². The quantitative estimate of drug-likeness (QED) is 0.467. The Bertz CT molecular complexity index is 583. The van der Waals surface area contributed by atoms with Crippen molar-refractivity contribution in [1.29, 1.82) is 0 Å². The molecule has 2 N–H and O–H groups in total. The highest BCUT2D eigenvalue weighted by Crippen LogP contribution is 2.19. The molecule has 0 saturated carbocycles. The number of aromatic nitrogens is 2. The van der Waals surface area contributed by atoms with Crippen LogP contribution in [0.2, 0.25) is 0 Å². The molecule has 0 atom stereocenters. The molecule has 0 unspecified atom stereocenters. The van der Waals surface area contributed by atoms with Gasteiger partial charge in [0.2, 0.25) is 5.91 Å². The lowest BCUT2D eigenvalue weighted by Crippen LogP contribution is -2.22. The zero-order valence-corrected chi connectivity index (χ0v) is 12.5. The minimum Gasteiger partial charge on any atom is -0.385 e. The summed E-state index contributed by atoms with van der Waals surface area (Å²) in [5, 5.41) is 3.68. The highest BCUT2D eigenvalue weighted by atomic mass is 32.2. The Hall–Kier alpha value is -1.53. The predicted octanol–water partition coefficient (Wildman–Crippen LogP) is 2.46. The number of aromatic amines is 1. The van der Waals surface area contributed by atoms with E-state index in [9.17, 15) is 4.79 Å². The zero-order valence-electron chi connectivity index (χ0n) is 11.7. The number of hydrogen-bond acceptors (Lipinski definition) is 4. The molecule has 1 aromatic heterocycles. The van der Waals surface area contributed by atoms with Gasteiger partial charge in [0.25, 0.3) is 0 Å². The molecular formula is C14H19N3O2S. The summed E-state index contributed by atoms with van der Waals surface area (Å²) < 4.78 is 4.91. The minimum atomic E-state index is 0.0431. The van der Waals surface area contributed by atoms with Crippen LogP contribution in [0.25, 0.3) is 11.0 Å². The third kappa shape index (κ3) is 4.25. The number of nitrogens with one attached hydrogen (secondary N) is 2. The topological polar surface area (TPSA) is 67.0 Å². The Morgan fingerprint density at radius 3 is 3.15 bits per heavy atom. The van der Waals surface area contributed by atoms with Crippen molar-refractivity contribution in [2.45, 2.75) is 24.9 Å². The van der Waals surface area contributed by atoms with E-state index in [0.29, 0.717) is 18.9 Å². The van der Waals surface area contributed by atoms with Crippen LogP contribution in [0.5, 0.6) is 0 Å². The van der Waals surface area contributed by atoms with E-state index in [1.54, 1.807) is 7.11 Å². The van der Waals surface area contributed by atoms with Crippen LogP contribution in [0, 0.1) is 6.92 Å². The number of aryl methyl sites for hydroxylation is 1. The number of fused-ring (bicyclic) bond motifs is 1. The van der Waals surface area contributed by atoms with Crippen molar-refractivity contribution in [1.82, 2.24) is 15.3 Å². The lowest BCUT2D eigenvalue weighted by molar-refractivity contribution is -0.121. The van der Waals surface area contributed by atoms with E-state index >= 15 is 0 Å². The number of methoxy groups -OCH3 is 1. The van der Waals surface area contributed by atoms with Gasteiger partial charge in [-0.15, -0.1) is 0 Å². The Balaban J connectivity index is 1.79. The third-order valence-corrected chi connectivity index (χ3v) is 3.60. The highest BCUT2D eigenvalue weighted by molar-refractivity contribution is 7.99. The van der Waals surface area contributed by atoms with Crippen LogP contribution in [0.1, 0.15) is 18.4 Å². The van der Waals surface area contributed by atoms with Crippen molar-refractivity contribution in [3.63, 3.8) is 0 Å². The number of amides is 1. The number of H-pyrrole nitrogens is 1. The van der Waals surface area contributed by atoms with Gasteiger partial charge in [0.15, 0.2) is 5.16 Å². The Morgan fingerprint density at radius 1 is 1.50 bits per heavy atom. The number of nitrogens with zero attached hydrogens (tertiary/aromatic N) is 1. The highest BCUT2D eigenvalue weighted by Gasteiger charge is 2.05. The fourth-order valence-corrected chi connectivity index (χ4v) is 2.53. The first-order valence-electron chi connectivity index (χ1n) is 6.54. The van der Waals surface area contributed by atoms with Crippen molar-refractivity contribution < 1.29 is 9.53 Å². The summed E-state index contributed by atoms with van der Waals surface area (Å²) in [6.07, 6.45) is 1.24. The Morgan fingerprint density at radius 2 is 2.35 bits per heavy atom. The number of hydrogen-bond donors (Lipinski definition) is 2. The van der Waals surface area contributed by atoms with Gasteiger partial charge in [-0.1, -0.05) is 17.8 Å². The van der Waals surface area contributed by atoms with Gasteiger partial charge in [-0.05, 0) is 31.0 Å². The zero-order chi connectivity index (χ0) is 14.4. The Kier molecular flexibility index (Phi) is 5.43. The van der Waals surface area contributed by atoms with Crippen LogP contribution >= 0.6 is 11.8 Å². The molecule has 0 fully saturated rings. The average Bonchev–Trinajstić information content (AvgIpc) is 2.81. The minimum absolute atomic E-state index is 0.0431. The van der Waals surface area contributed by atoms with Crippen LogP contribution in [-0.2, 0) is 9.53 Å². The molecule has 0 saturated heterocycles. The molecule has 0 aliphatic heterocycles. The molecule has 2 aromatic rings. The normalized spacial score (nSPS) is 10.9. The number of rotatable bonds is 7. The molecule has 5 nitrogen and oxygen atoms in total. The van der Waals surface area contributed by atoms with Crippen molar-refractivity contribution in [2.24, 2.45) is 0 Å². The molecule has 0 aliphatic carbocycles. The smallest absolute Gasteiger partial charge is 0.220 e. The van der Waals surface area contributed by atoms with Gasteiger partial charge in [-0.3, -0.25) is 4.79 Å². The fourth-order valence-electron chi connectivity index (χ4n) is 1.82. The molecule has 0 bridgehead atoms. The lowest BCUT2D eigenvalue weighted by Gasteiger charge is -2.03. The van der Waals surface area contributed by atoms with Gasteiger partial charge in [0.1, 0.15) is 0 Å². The maximum absolute atomic E-state index is 11.5. The van der Waals surface area contributed by atoms with E-state index in [4.69, 9.17) is 4.74 Å². The van der Waals surface area contributed by atoms with Crippen molar-refractivity contribution in [2.75, 3.05) is 19.6 Å². The maximum Gasteiger partial charge on any atom is 0.220 e. The Labute approximate surface area is 122 Å². The molecule has 6 heteroatoms. The van der Waals surface area contributed by atoms with Crippen molar-refractivity contribution in [3.8, 4) is 0 Å². The second-order valence-electron chi connectivity index (χ2n) is 4.55. The van der Waals surface area contributed by atoms with E-state index in [0.717, 1.165) is 22.6 Å². The largest absolute Gasteiger partial charge is 0.385 e. The van der Waals surface area contributed by atoms with Crippen LogP contribution < -0.4 is 5.32 Å². The summed E-state index contributed by atoms with van der Waals surface area (Å²) in [4.78, 5) is 19.2. The van der Waals surface area contributed by atoms with E-state index < -0.39 is 0 Å². The number of thioether (sulfide) groups is 1. The summed E-state index contributed by atoms with van der Waals surface area (Å²) in [6.45, 7) is 2.66. The van der Waals surface area contributed by atoms with E-state index in [2.05, 4.69) is 21.4 Å². The second-order valence-corrected chi connectivity index (χ2v) is 5.51. The van der Waals surface area contributed by atoms with Gasteiger partial charge in [0.05, 0.1) is 16.9 Å². The number of carbonyl (C=O) groups excluding carboxylic acids is 1. The molecule has 1 aromatic carbocycles. The molecule has 0 radical (unpaired) electrons. The summed E-state index contributed by atoms with van der Waals surface area (Å²) in [7, 11) is 1.64. The first-order chi connectivity index (χ1) is 9.69. The van der Waals surface area contributed by atoms with E-state index in [1.807, 2.05) is 19.1 Å². The van der Waals surface area contributed by atoms with Crippen LogP contribution in [0.4, 0.5) is 0 Å². The summed E-state index contributed by atoms with van der Waals surface area (Å²) in [5.41, 5.74) is 3.17. The number of ether oxygens (including phenoxy) is 1. The molecule has 1 heterocycles. The number of imidazole rings is 1. The van der Waals surface area contributed by atoms with Gasteiger partial charge < -0.3 is 15.0 Å². The van der Waals surface area contributed by atoms with Gasteiger partial charge >= 0.3 is 0 Å². The number of benzene rings is 1. The summed E-state index contributed by atoms with van der Waals surface area (Å²) in [6, 6.07) is 6.10. The van der Waals surface area contributed by atoms with Crippen LogP contribution in [-0.4, -0.2) is 35.5 Å². The lowest BCUT2D eigenvalue weighted by atomic mass is 10.2. The fraction of sp³-hybridized carbons (Fsp3) is 0.429. The van der Waals surface area contributed by atoms with Gasteiger partial charge in [-0.2, -0.15) is 0 Å². The standard InChI is InChI=1S/C14H19N3O2S/c1-10-5-6-11-12(8-10)17-14(16-11)20-9-15-13(18)4-3-7-19-2/h5-6,8H,3-4,7,9H2,1-2H3,(H,15,18)(H,16,17). The summed E-state index contributed by atoms with van der Waals surface area (Å²) >= 11 is 1.49. The monoisotopic (exact) mass is 293 g/mol. The number of carbonyl (C=O) groups is 1. The van der Waals surface area contributed by atoms with Gasteiger partial charge in [0, 0.05) is 20.1 Å². The molecule has 1 amide bonds. The van der Waals surface area contributed by atoms with Crippen LogP contribution in [0.15, 0.2) is 23.4 Å². The molecular weight excluding hydrogens is 274 g/mol. The predicted molar refractivity (Wildman–Crippen MR) is 80.8 cm³/mol. The maximum atomic E-state index is 11.5.